The van der Waals surface area contributed by atoms with Crippen LogP contribution in [-0.2, 0) is 9.53 Å². The first-order valence-corrected chi connectivity index (χ1v) is 7.76. The van der Waals surface area contributed by atoms with Gasteiger partial charge in [-0.15, -0.1) is 24.0 Å². The molecule has 2 unspecified atom stereocenters. The van der Waals surface area contributed by atoms with Crippen LogP contribution in [0.4, 0.5) is 0 Å². The molecule has 22 heavy (non-hydrogen) atoms. The molecule has 1 heterocycles. The molecule has 0 aromatic heterocycles. The van der Waals surface area contributed by atoms with Crippen molar-refractivity contribution in [1.82, 2.24) is 15.5 Å². The number of hydrogen-bond acceptors (Lipinski definition) is 3. The van der Waals surface area contributed by atoms with Gasteiger partial charge in [0, 0.05) is 38.7 Å². The summed E-state index contributed by atoms with van der Waals surface area (Å²) in [6, 6.07) is 0.315. The number of carbonyl (C=O) groups is 1. The largest absolute Gasteiger partial charge is 0.381 e. The topological polar surface area (TPSA) is 66.0 Å². The van der Waals surface area contributed by atoms with Crippen LogP contribution in [0.15, 0.2) is 4.99 Å². The van der Waals surface area contributed by atoms with Crippen LogP contribution < -0.4 is 10.6 Å². The van der Waals surface area contributed by atoms with Gasteiger partial charge < -0.3 is 20.3 Å². The van der Waals surface area contributed by atoms with Gasteiger partial charge in [-0.2, -0.15) is 0 Å². The first-order valence-electron chi connectivity index (χ1n) is 7.76. The molecule has 0 bridgehead atoms. The molecular formula is C15H29IN4O2. The fraction of sp³-hybridized carbons (Fsp3) is 0.867. The first kappa shape index (κ1) is 19.5. The highest BCUT2D eigenvalue weighted by Gasteiger charge is 2.48. The summed E-state index contributed by atoms with van der Waals surface area (Å²) in [6.07, 6.45) is 3.48. The summed E-state index contributed by atoms with van der Waals surface area (Å²) in [5.74, 6) is 0.841. The number of hydrogen-bond donors (Lipinski definition) is 2. The van der Waals surface area contributed by atoms with Crippen LogP contribution >= 0.6 is 24.0 Å². The summed E-state index contributed by atoms with van der Waals surface area (Å²) in [5, 5.41) is 6.51. The molecule has 2 atom stereocenters. The van der Waals surface area contributed by atoms with E-state index in [0.29, 0.717) is 18.5 Å². The van der Waals surface area contributed by atoms with Gasteiger partial charge in [-0.05, 0) is 19.3 Å². The monoisotopic (exact) mass is 424 g/mol. The SMILES string of the molecule is CN=C(NCC(=O)N1CCCC1)NC1CC(OC)C1(C)C.I. The zero-order chi connectivity index (χ0) is 15.5. The Labute approximate surface area is 150 Å². The van der Waals surface area contributed by atoms with Crippen LogP contribution in [0, 0.1) is 5.41 Å². The third-order valence-corrected chi connectivity index (χ3v) is 4.86. The Morgan fingerprint density at radius 3 is 2.50 bits per heavy atom. The van der Waals surface area contributed by atoms with Crippen LogP contribution in [0.1, 0.15) is 33.1 Å². The van der Waals surface area contributed by atoms with E-state index in [0.717, 1.165) is 32.4 Å². The molecule has 0 radical (unpaired) electrons. The van der Waals surface area contributed by atoms with Gasteiger partial charge in [0.1, 0.15) is 0 Å². The summed E-state index contributed by atoms with van der Waals surface area (Å²) in [7, 11) is 3.49. The summed E-state index contributed by atoms with van der Waals surface area (Å²) in [4.78, 5) is 18.1. The van der Waals surface area contributed by atoms with E-state index in [1.807, 2.05) is 4.90 Å². The Balaban J connectivity index is 0.00000242. The Morgan fingerprint density at radius 1 is 1.36 bits per heavy atom. The van der Waals surface area contributed by atoms with E-state index in [9.17, 15) is 4.79 Å². The average molecular weight is 424 g/mol. The maximum Gasteiger partial charge on any atom is 0.241 e. The third-order valence-electron chi connectivity index (χ3n) is 4.86. The van der Waals surface area contributed by atoms with Crippen molar-refractivity contribution in [2.45, 2.75) is 45.3 Å². The number of likely N-dealkylation sites (tertiary alicyclic amines) is 1. The van der Waals surface area contributed by atoms with Crippen molar-refractivity contribution >= 4 is 35.8 Å². The lowest BCUT2D eigenvalue weighted by Gasteiger charge is -2.51. The van der Waals surface area contributed by atoms with Crippen LogP contribution in [0.2, 0.25) is 0 Å². The molecule has 1 saturated carbocycles. The van der Waals surface area contributed by atoms with Gasteiger partial charge in [0.15, 0.2) is 5.96 Å². The highest BCUT2D eigenvalue weighted by Crippen LogP contribution is 2.42. The molecule has 7 heteroatoms. The second-order valence-electron chi connectivity index (χ2n) is 6.49. The number of rotatable bonds is 4. The average Bonchev–Trinajstić information content (AvgIpc) is 2.99. The van der Waals surface area contributed by atoms with E-state index in [2.05, 4.69) is 29.5 Å². The predicted octanol–water partition coefficient (Wildman–Crippen LogP) is 1.21. The molecular weight excluding hydrogens is 395 g/mol. The second kappa shape index (κ2) is 8.33. The number of methoxy groups -OCH3 is 1. The molecule has 1 amide bonds. The molecule has 1 saturated heterocycles. The highest BCUT2D eigenvalue weighted by molar-refractivity contribution is 14.0. The maximum atomic E-state index is 12.0. The van der Waals surface area contributed by atoms with Crippen molar-refractivity contribution in [2.24, 2.45) is 10.4 Å². The lowest BCUT2D eigenvalue weighted by atomic mass is 9.64. The smallest absolute Gasteiger partial charge is 0.241 e. The first-order chi connectivity index (χ1) is 9.98. The van der Waals surface area contributed by atoms with Gasteiger partial charge in [-0.3, -0.25) is 9.79 Å². The van der Waals surface area contributed by atoms with Crippen LogP contribution in [-0.4, -0.2) is 62.7 Å². The standard InChI is InChI=1S/C15H28N4O2.HI/c1-15(2)11(9-12(15)21-4)18-14(16-3)17-10-13(20)19-7-5-6-8-19;/h11-12H,5-10H2,1-4H3,(H2,16,17,18);1H. The lowest BCUT2D eigenvalue weighted by Crippen LogP contribution is -2.63. The van der Waals surface area contributed by atoms with Gasteiger partial charge in [-0.1, -0.05) is 13.8 Å². The van der Waals surface area contributed by atoms with Crippen molar-refractivity contribution in [3.8, 4) is 0 Å². The molecule has 2 rings (SSSR count). The zero-order valence-electron chi connectivity index (χ0n) is 14.0. The molecule has 128 valence electrons. The summed E-state index contributed by atoms with van der Waals surface area (Å²) in [5.41, 5.74) is 0.0747. The van der Waals surface area contributed by atoms with Gasteiger partial charge in [-0.25, -0.2) is 0 Å². The summed E-state index contributed by atoms with van der Waals surface area (Å²) < 4.78 is 5.45. The molecule has 2 fully saturated rings. The fourth-order valence-electron chi connectivity index (χ4n) is 3.13. The van der Waals surface area contributed by atoms with Crippen molar-refractivity contribution in [1.29, 1.82) is 0 Å². The summed E-state index contributed by atoms with van der Waals surface area (Å²) in [6.45, 7) is 6.45. The molecule has 0 aromatic rings. The predicted molar refractivity (Wildman–Crippen MR) is 98.7 cm³/mol. The van der Waals surface area contributed by atoms with Crippen LogP contribution in [0.5, 0.6) is 0 Å². The van der Waals surface area contributed by atoms with Crippen molar-refractivity contribution < 1.29 is 9.53 Å². The van der Waals surface area contributed by atoms with Crippen LogP contribution in [0.3, 0.4) is 0 Å². The molecule has 1 aliphatic carbocycles. The molecule has 2 aliphatic rings. The normalized spacial score (nSPS) is 26.9. The zero-order valence-corrected chi connectivity index (χ0v) is 16.3. The number of nitrogens with one attached hydrogen (secondary N) is 2. The minimum absolute atomic E-state index is 0. The number of nitrogens with zero attached hydrogens (tertiary/aromatic N) is 2. The van der Waals surface area contributed by atoms with E-state index >= 15 is 0 Å². The number of halogens is 1. The quantitative estimate of drug-likeness (QED) is 0.405. The van der Waals surface area contributed by atoms with Gasteiger partial charge >= 0.3 is 0 Å². The van der Waals surface area contributed by atoms with Crippen molar-refractivity contribution in [3.05, 3.63) is 0 Å². The number of ether oxygens (including phenoxy) is 1. The van der Waals surface area contributed by atoms with E-state index in [4.69, 9.17) is 4.74 Å². The minimum Gasteiger partial charge on any atom is -0.381 e. The van der Waals surface area contributed by atoms with E-state index in [1.165, 1.54) is 0 Å². The Bertz CT molecular complexity index is 408. The van der Waals surface area contributed by atoms with E-state index < -0.39 is 0 Å². The van der Waals surface area contributed by atoms with Gasteiger partial charge in [0.2, 0.25) is 5.91 Å². The van der Waals surface area contributed by atoms with Crippen LogP contribution in [0.25, 0.3) is 0 Å². The molecule has 2 N–H and O–H groups in total. The van der Waals surface area contributed by atoms with Crippen molar-refractivity contribution in [2.75, 3.05) is 33.8 Å². The summed E-state index contributed by atoms with van der Waals surface area (Å²) >= 11 is 0. The number of carbonyl (C=O) groups excluding carboxylic acids is 1. The maximum absolute atomic E-state index is 12.0. The second-order valence-corrected chi connectivity index (χ2v) is 6.49. The Kier molecular flexibility index (Phi) is 7.37. The molecule has 0 spiro atoms. The van der Waals surface area contributed by atoms with E-state index in [-0.39, 0.29) is 41.4 Å². The van der Waals surface area contributed by atoms with Gasteiger partial charge in [0.05, 0.1) is 12.6 Å². The molecule has 0 aromatic carbocycles. The molecule has 1 aliphatic heterocycles. The Morgan fingerprint density at radius 2 is 2.00 bits per heavy atom. The number of amides is 1. The third kappa shape index (κ3) is 4.24. The number of guanidine groups is 1. The van der Waals surface area contributed by atoms with E-state index in [1.54, 1.807) is 14.2 Å². The highest BCUT2D eigenvalue weighted by atomic mass is 127. The van der Waals surface area contributed by atoms with Crippen molar-refractivity contribution in [3.63, 3.8) is 0 Å². The lowest BCUT2D eigenvalue weighted by molar-refractivity contribution is -0.128. The minimum atomic E-state index is 0. The fourth-order valence-corrected chi connectivity index (χ4v) is 3.13. The molecule has 6 nitrogen and oxygen atoms in total. The Hall–Kier alpha value is -0.570. The number of aliphatic imine (C=N–C) groups is 1. The van der Waals surface area contributed by atoms with Gasteiger partial charge in [0.25, 0.3) is 0 Å².